The first-order valence-electron chi connectivity index (χ1n) is 4.95. The van der Waals surface area contributed by atoms with E-state index in [0.29, 0.717) is 11.3 Å². The minimum absolute atomic E-state index is 0.147. The number of carbonyl (C=O) groups excluding carboxylic acids is 1. The van der Waals surface area contributed by atoms with Crippen molar-refractivity contribution in [3.8, 4) is 5.75 Å². The van der Waals surface area contributed by atoms with Gasteiger partial charge in [-0.3, -0.25) is 0 Å². The van der Waals surface area contributed by atoms with Crippen molar-refractivity contribution in [2.45, 2.75) is 0 Å². The Morgan fingerprint density at radius 2 is 2.12 bits per heavy atom. The minimum Gasteiger partial charge on any atom is -0.497 e. The van der Waals surface area contributed by atoms with E-state index in [9.17, 15) is 4.79 Å². The van der Waals surface area contributed by atoms with Gasteiger partial charge in [-0.25, -0.2) is 4.79 Å². The van der Waals surface area contributed by atoms with Crippen LogP contribution >= 0.6 is 11.6 Å². The molecule has 1 aromatic carbocycles. The Hall–Kier alpha value is -1.81. The van der Waals surface area contributed by atoms with E-state index in [-0.39, 0.29) is 5.88 Å². The fourth-order valence-corrected chi connectivity index (χ4v) is 1.61. The molecule has 0 bridgehead atoms. The lowest BCUT2D eigenvalue weighted by atomic mass is 10.1. The highest BCUT2D eigenvalue weighted by Crippen LogP contribution is 2.18. The summed E-state index contributed by atoms with van der Waals surface area (Å²) in [6, 6.07) is 7.29. The van der Waals surface area contributed by atoms with Gasteiger partial charge >= 0.3 is 5.97 Å². The van der Waals surface area contributed by atoms with Crippen LogP contribution in [0.15, 0.2) is 35.0 Å². The molecule has 4 nitrogen and oxygen atoms in total. The maximum atomic E-state index is 11.4. The number of hydrogen-bond acceptors (Lipinski definition) is 4. The first kappa shape index (κ1) is 11.7. The number of benzene rings is 1. The normalized spacial score (nSPS) is 16.9. The van der Waals surface area contributed by atoms with E-state index in [1.165, 1.54) is 0 Å². The van der Waals surface area contributed by atoms with E-state index in [0.717, 1.165) is 11.3 Å². The average Bonchev–Trinajstić information content (AvgIpc) is 2.71. The second kappa shape index (κ2) is 5.01. The van der Waals surface area contributed by atoms with Gasteiger partial charge in [-0.05, 0) is 23.8 Å². The van der Waals surface area contributed by atoms with Crippen molar-refractivity contribution in [1.82, 2.24) is 0 Å². The van der Waals surface area contributed by atoms with Crippen molar-refractivity contribution in [1.29, 1.82) is 0 Å². The van der Waals surface area contributed by atoms with E-state index < -0.39 is 5.97 Å². The maximum Gasteiger partial charge on any atom is 0.367 e. The fourth-order valence-electron chi connectivity index (χ4n) is 1.42. The van der Waals surface area contributed by atoms with Gasteiger partial charge in [-0.15, -0.1) is 11.6 Å². The number of alkyl halides is 1. The topological polar surface area (TPSA) is 47.9 Å². The molecule has 0 atom stereocenters. The van der Waals surface area contributed by atoms with Crippen LogP contribution in [-0.4, -0.2) is 24.7 Å². The van der Waals surface area contributed by atoms with Crippen LogP contribution in [0.5, 0.6) is 5.75 Å². The molecule has 88 valence electrons. The largest absolute Gasteiger partial charge is 0.497 e. The average molecular weight is 252 g/mol. The summed E-state index contributed by atoms with van der Waals surface area (Å²) in [5.74, 6) is 0.428. The molecule has 0 spiro atoms. The molecule has 1 aliphatic heterocycles. The van der Waals surface area contributed by atoms with Gasteiger partial charge in [0.15, 0.2) is 0 Å². The van der Waals surface area contributed by atoms with E-state index in [4.69, 9.17) is 16.3 Å². The maximum absolute atomic E-state index is 11.4. The van der Waals surface area contributed by atoms with Crippen LogP contribution in [0.4, 0.5) is 0 Å². The Kier molecular flexibility index (Phi) is 3.44. The SMILES string of the molecule is COc1ccc(/C=C2/C(=O)ON=C2CCl)cc1. The molecule has 0 radical (unpaired) electrons. The highest BCUT2D eigenvalue weighted by molar-refractivity contribution is 6.38. The summed E-state index contributed by atoms with van der Waals surface area (Å²) >= 11 is 5.66. The zero-order chi connectivity index (χ0) is 12.3. The molecule has 1 heterocycles. The predicted octanol–water partition coefficient (Wildman–Crippen LogP) is 2.23. The number of ether oxygens (including phenoxy) is 1. The molecule has 2 rings (SSSR count). The quantitative estimate of drug-likeness (QED) is 0.470. The molecule has 0 saturated heterocycles. The van der Waals surface area contributed by atoms with Gasteiger partial charge in [0, 0.05) is 0 Å². The monoisotopic (exact) mass is 251 g/mol. The molecule has 0 aliphatic carbocycles. The van der Waals surface area contributed by atoms with Crippen LogP contribution in [-0.2, 0) is 9.63 Å². The first-order valence-corrected chi connectivity index (χ1v) is 5.48. The molecule has 5 heteroatoms. The second-order valence-corrected chi connectivity index (χ2v) is 3.65. The second-order valence-electron chi connectivity index (χ2n) is 3.38. The summed E-state index contributed by atoms with van der Waals surface area (Å²) in [5, 5.41) is 3.59. The number of hydrogen-bond donors (Lipinski definition) is 0. The smallest absolute Gasteiger partial charge is 0.367 e. The van der Waals surface area contributed by atoms with Crippen molar-refractivity contribution >= 4 is 29.4 Å². The lowest BCUT2D eigenvalue weighted by molar-refractivity contribution is -0.136. The Labute approximate surface area is 103 Å². The van der Waals surface area contributed by atoms with Gasteiger partial charge in [-0.2, -0.15) is 0 Å². The number of carbonyl (C=O) groups is 1. The highest BCUT2D eigenvalue weighted by atomic mass is 35.5. The van der Waals surface area contributed by atoms with Crippen LogP contribution < -0.4 is 4.74 Å². The van der Waals surface area contributed by atoms with Gasteiger partial charge in [0.05, 0.1) is 18.6 Å². The summed E-state index contributed by atoms with van der Waals surface area (Å²) in [4.78, 5) is 15.9. The summed E-state index contributed by atoms with van der Waals surface area (Å²) in [7, 11) is 1.60. The molecule has 0 amide bonds. The standard InChI is InChI=1S/C12H10ClNO3/c1-16-9-4-2-8(3-5-9)6-10-11(7-13)14-17-12(10)15/h2-6H,7H2,1H3/b10-6+. The van der Waals surface area contributed by atoms with Crippen LogP contribution in [0, 0.1) is 0 Å². The molecule has 0 aromatic heterocycles. The van der Waals surface area contributed by atoms with Gasteiger partial charge in [-0.1, -0.05) is 17.3 Å². The third-order valence-electron chi connectivity index (χ3n) is 2.32. The zero-order valence-electron chi connectivity index (χ0n) is 9.14. The van der Waals surface area contributed by atoms with Crippen molar-refractivity contribution in [3.05, 3.63) is 35.4 Å². The lowest BCUT2D eigenvalue weighted by Gasteiger charge is -2.00. The summed E-state index contributed by atoms with van der Waals surface area (Å²) in [5.41, 5.74) is 1.70. The zero-order valence-corrected chi connectivity index (χ0v) is 9.90. The number of rotatable bonds is 3. The summed E-state index contributed by atoms with van der Waals surface area (Å²) < 4.78 is 5.05. The fraction of sp³-hybridized carbons (Fsp3) is 0.167. The summed E-state index contributed by atoms with van der Waals surface area (Å²) in [6.45, 7) is 0. The molecule has 0 unspecified atom stereocenters. The molecule has 0 N–H and O–H groups in total. The number of methoxy groups -OCH3 is 1. The Morgan fingerprint density at radius 1 is 1.41 bits per heavy atom. The van der Waals surface area contributed by atoms with Crippen molar-refractivity contribution in [2.75, 3.05) is 13.0 Å². The Bertz CT molecular complexity index is 491. The molecular formula is C12H10ClNO3. The van der Waals surface area contributed by atoms with Gasteiger partial charge in [0.2, 0.25) is 0 Å². The van der Waals surface area contributed by atoms with E-state index in [1.807, 2.05) is 24.3 Å². The van der Waals surface area contributed by atoms with Crippen molar-refractivity contribution in [3.63, 3.8) is 0 Å². The van der Waals surface area contributed by atoms with Crippen LogP contribution in [0.25, 0.3) is 6.08 Å². The first-order chi connectivity index (χ1) is 8.24. The van der Waals surface area contributed by atoms with E-state index >= 15 is 0 Å². The lowest BCUT2D eigenvalue weighted by Crippen LogP contribution is -2.06. The summed E-state index contributed by atoms with van der Waals surface area (Å²) in [6.07, 6.45) is 1.69. The predicted molar refractivity (Wildman–Crippen MR) is 65.2 cm³/mol. The molecule has 17 heavy (non-hydrogen) atoms. The van der Waals surface area contributed by atoms with Crippen LogP contribution in [0.2, 0.25) is 0 Å². The van der Waals surface area contributed by atoms with Gasteiger partial charge in [0.25, 0.3) is 0 Å². The number of halogens is 1. The van der Waals surface area contributed by atoms with Crippen LogP contribution in [0.3, 0.4) is 0 Å². The molecule has 1 aromatic rings. The van der Waals surface area contributed by atoms with Gasteiger partial charge in [0.1, 0.15) is 11.5 Å². The third-order valence-corrected chi connectivity index (χ3v) is 2.58. The number of nitrogens with zero attached hydrogens (tertiary/aromatic N) is 1. The van der Waals surface area contributed by atoms with Crippen molar-refractivity contribution < 1.29 is 14.4 Å². The van der Waals surface area contributed by atoms with Crippen molar-refractivity contribution in [2.24, 2.45) is 5.16 Å². The third kappa shape index (κ3) is 2.47. The minimum atomic E-state index is -0.475. The van der Waals surface area contributed by atoms with Gasteiger partial charge < -0.3 is 9.57 Å². The highest BCUT2D eigenvalue weighted by Gasteiger charge is 2.24. The molecular weight excluding hydrogens is 242 g/mol. The Morgan fingerprint density at radius 3 is 2.71 bits per heavy atom. The van der Waals surface area contributed by atoms with E-state index in [2.05, 4.69) is 9.99 Å². The van der Waals surface area contributed by atoms with Crippen LogP contribution in [0.1, 0.15) is 5.56 Å². The molecule has 0 saturated carbocycles. The van der Waals surface area contributed by atoms with E-state index in [1.54, 1.807) is 13.2 Å². The molecule has 1 aliphatic rings. The molecule has 0 fully saturated rings. The number of oxime groups is 1. The Balaban J connectivity index is 2.28.